The van der Waals surface area contributed by atoms with E-state index in [0.717, 1.165) is 9.13 Å². The lowest BCUT2D eigenvalue weighted by Crippen LogP contribution is -2.60. The number of anilines is 3. The second kappa shape index (κ2) is 10.9. The van der Waals surface area contributed by atoms with Crippen molar-refractivity contribution in [2.75, 3.05) is 43.3 Å². The van der Waals surface area contributed by atoms with E-state index < -0.39 is 35.7 Å². The molecule has 11 nitrogen and oxygen atoms in total. The van der Waals surface area contributed by atoms with Crippen LogP contribution in [0.15, 0.2) is 64.2 Å². The molecule has 1 saturated heterocycles. The smallest absolute Gasteiger partial charge is 0.493 e. The van der Waals surface area contributed by atoms with Gasteiger partial charge in [-0.2, -0.15) is 13.2 Å². The number of carbonyl (C=O) groups is 1. The van der Waals surface area contributed by atoms with E-state index in [9.17, 15) is 27.6 Å². The van der Waals surface area contributed by atoms with E-state index in [-0.39, 0.29) is 11.5 Å². The highest BCUT2D eigenvalue weighted by Gasteiger charge is 2.52. The van der Waals surface area contributed by atoms with Crippen molar-refractivity contribution in [2.45, 2.75) is 25.4 Å². The van der Waals surface area contributed by atoms with Gasteiger partial charge in [0.05, 0.1) is 18.8 Å². The zero-order chi connectivity index (χ0) is 29.5. The summed E-state index contributed by atoms with van der Waals surface area (Å²) in [5, 5.41) is 3.89. The van der Waals surface area contributed by atoms with Crippen molar-refractivity contribution >= 4 is 23.2 Å². The number of nitrogens with one attached hydrogen (secondary N) is 1. The molecule has 0 aliphatic carbocycles. The molecule has 2 aliphatic rings. The number of carbonyl (C=O) groups excluding carboxylic acids is 1. The van der Waals surface area contributed by atoms with Crippen molar-refractivity contribution in [1.82, 2.24) is 19.4 Å². The van der Waals surface area contributed by atoms with Crippen LogP contribution in [0.4, 0.5) is 30.4 Å². The van der Waals surface area contributed by atoms with Crippen LogP contribution in [0.5, 0.6) is 5.75 Å². The lowest BCUT2D eigenvalue weighted by molar-refractivity contribution is -0.203. The number of ether oxygens (including phenoxy) is 1. The fourth-order valence-corrected chi connectivity index (χ4v) is 5.25. The number of aromatic nitrogens is 2. The number of para-hydroxylation sites is 2. The highest BCUT2D eigenvalue weighted by molar-refractivity contribution is 5.84. The number of benzene rings is 2. The number of halogens is 3. The van der Waals surface area contributed by atoms with Crippen LogP contribution in [0, 0.1) is 0 Å². The molecule has 218 valence electrons. The van der Waals surface area contributed by atoms with Crippen molar-refractivity contribution < 1.29 is 27.5 Å². The number of nitrogens with zero attached hydrogens (tertiary/aromatic N) is 5. The predicted octanol–water partition coefficient (Wildman–Crippen LogP) is 2.33. The third-order valence-corrected chi connectivity index (χ3v) is 7.24. The SMILES string of the molecule is COc1ccccc1N1c2c(n(C)c(=O)n(C(C)c3ccccc3)c2=O)N(OC(=O)C(F)(F)F)C1N1CCNCC1. The maximum Gasteiger partial charge on any atom is 0.493 e. The molecule has 5 rings (SSSR count). The Labute approximate surface area is 232 Å². The highest BCUT2D eigenvalue weighted by atomic mass is 19.4. The molecule has 3 aromatic rings. The number of rotatable bonds is 6. The zero-order valence-corrected chi connectivity index (χ0v) is 22.6. The quantitative estimate of drug-likeness (QED) is 0.476. The van der Waals surface area contributed by atoms with Crippen molar-refractivity contribution in [3.8, 4) is 5.75 Å². The van der Waals surface area contributed by atoms with Gasteiger partial charge in [0.15, 0.2) is 11.5 Å². The molecule has 2 aromatic carbocycles. The number of hydroxylamine groups is 1. The van der Waals surface area contributed by atoms with E-state index in [1.54, 1.807) is 66.4 Å². The van der Waals surface area contributed by atoms with Gasteiger partial charge in [0.1, 0.15) is 5.75 Å². The third-order valence-electron chi connectivity index (χ3n) is 7.24. The molecule has 0 amide bonds. The molecular formula is C27H29F3N6O5. The molecule has 1 aromatic heterocycles. The lowest BCUT2D eigenvalue weighted by Gasteiger charge is -2.41. The van der Waals surface area contributed by atoms with Crippen molar-refractivity contribution in [3.05, 3.63) is 81.0 Å². The molecule has 3 heterocycles. The van der Waals surface area contributed by atoms with Crippen LogP contribution in [0.2, 0.25) is 0 Å². The van der Waals surface area contributed by atoms with Crippen LogP contribution >= 0.6 is 0 Å². The average molecular weight is 575 g/mol. The largest absolute Gasteiger partial charge is 0.495 e. The Morgan fingerprint density at radius 2 is 1.66 bits per heavy atom. The molecule has 2 aliphatic heterocycles. The minimum atomic E-state index is -5.33. The maximum absolute atomic E-state index is 14.3. The zero-order valence-electron chi connectivity index (χ0n) is 22.6. The molecule has 41 heavy (non-hydrogen) atoms. The summed E-state index contributed by atoms with van der Waals surface area (Å²) >= 11 is 0. The number of methoxy groups -OCH3 is 1. The van der Waals surface area contributed by atoms with E-state index in [1.165, 1.54) is 19.1 Å². The Kier molecular flexibility index (Phi) is 7.53. The summed E-state index contributed by atoms with van der Waals surface area (Å²) in [6.07, 6.45) is -6.57. The Balaban J connectivity index is 1.82. The lowest BCUT2D eigenvalue weighted by atomic mass is 10.1. The molecular weight excluding hydrogens is 545 g/mol. The molecule has 0 bridgehead atoms. The van der Waals surface area contributed by atoms with E-state index in [0.29, 0.717) is 48.2 Å². The van der Waals surface area contributed by atoms with Gasteiger partial charge in [0.2, 0.25) is 6.29 Å². The van der Waals surface area contributed by atoms with E-state index in [2.05, 4.69) is 5.32 Å². The second-order valence-corrected chi connectivity index (χ2v) is 9.65. The third kappa shape index (κ3) is 4.93. The van der Waals surface area contributed by atoms with Gasteiger partial charge in [0, 0.05) is 33.2 Å². The van der Waals surface area contributed by atoms with Crippen molar-refractivity contribution in [1.29, 1.82) is 0 Å². The van der Waals surface area contributed by atoms with Gasteiger partial charge in [-0.05, 0) is 24.6 Å². The molecule has 1 fully saturated rings. The van der Waals surface area contributed by atoms with Gasteiger partial charge in [0.25, 0.3) is 5.56 Å². The first-order chi connectivity index (χ1) is 19.6. The fourth-order valence-electron chi connectivity index (χ4n) is 5.25. The van der Waals surface area contributed by atoms with Crippen molar-refractivity contribution in [2.24, 2.45) is 7.05 Å². The Bertz CT molecular complexity index is 1550. The monoisotopic (exact) mass is 574 g/mol. The summed E-state index contributed by atoms with van der Waals surface area (Å²) in [5.74, 6) is -2.46. The minimum Gasteiger partial charge on any atom is -0.495 e. The summed E-state index contributed by atoms with van der Waals surface area (Å²) in [6.45, 7) is 3.34. The van der Waals surface area contributed by atoms with Crippen LogP contribution in [-0.4, -0.2) is 65.8 Å². The van der Waals surface area contributed by atoms with Gasteiger partial charge < -0.3 is 14.9 Å². The molecule has 14 heteroatoms. The van der Waals surface area contributed by atoms with Gasteiger partial charge in [-0.3, -0.25) is 23.7 Å². The number of hydrogen-bond acceptors (Lipinski definition) is 9. The van der Waals surface area contributed by atoms with E-state index >= 15 is 0 Å². The fraction of sp³-hybridized carbons (Fsp3) is 0.370. The van der Waals surface area contributed by atoms with Crippen LogP contribution in [0.3, 0.4) is 0 Å². The standard InChI is InChI=1S/C27H29F3N6O5/c1-17(18-9-5-4-6-10-18)34-23(37)21-22(32(2)26(34)39)36(41-24(38)27(28,29)30)25(33-15-13-31-14-16-33)35(21)19-11-7-8-12-20(19)40-3/h4-12,17,25,31H,13-16H2,1-3H3. The Morgan fingerprint density at radius 1 is 1.02 bits per heavy atom. The summed E-state index contributed by atoms with van der Waals surface area (Å²) < 4.78 is 48.2. The van der Waals surface area contributed by atoms with E-state index in [4.69, 9.17) is 9.57 Å². The molecule has 0 saturated carbocycles. The number of piperazine rings is 1. The molecule has 0 radical (unpaired) electrons. The molecule has 2 unspecified atom stereocenters. The Morgan fingerprint density at radius 3 is 2.29 bits per heavy atom. The van der Waals surface area contributed by atoms with E-state index in [1.807, 2.05) is 0 Å². The number of alkyl halides is 3. The summed E-state index contributed by atoms with van der Waals surface area (Å²) in [5.41, 5.74) is -0.694. The van der Waals surface area contributed by atoms with Crippen LogP contribution < -0.4 is 31.3 Å². The highest BCUT2D eigenvalue weighted by Crippen LogP contribution is 2.46. The summed E-state index contributed by atoms with van der Waals surface area (Å²) in [7, 11) is 2.75. The van der Waals surface area contributed by atoms with Gasteiger partial charge in [-0.1, -0.05) is 42.5 Å². The molecule has 1 N–H and O–H groups in total. The maximum atomic E-state index is 14.3. The first-order valence-electron chi connectivity index (χ1n) is 12.9. The summed E-state index contributed by atoms with van der Waals surface area (Å²) in [6, 6.07) is 14.8. The number of fused-ring (bicyclic) bond motifs is 1. The Hall–Kier alpha value is -4.30. The van der Waals surface area contributed by atoms with Gasteiger partial charge >= 0.3 is 17.8 Å². The van der Waals surface area contributed by atoms with Crippen LogP contribution in [0.25, 0.3) is 0 Å². The first kappa shape index (κ1) is 28.2. The minimum absolute atomic E-state index is 0.141. The van der Waals surface area contributed by atoms with Crippen molar-refractivity contribution in [3.63, 3.8) is 0 Å². The molecule has 0 spiro atoms. The predicted molar refractivity (Wildman–Crippen MR) is 144 cm³/mol. The van der Waals surface area contributed by atoms with Gasteiger partial charge in [-0.25, -0.2) is 9.59 Å². The van der Waals surface area contributed by atoms with Gasteiger partial charge in [-0.15, -0.1) is 5.06 Å². The van der Waals surface area contributed by atoms with Crippen LogP contribution in [-0.2, 0) is 16.7 Å². The van der Waals surface area contributed by atoms with Crippen LogP contribution in [0.1, 0.15) is 18.5 Å². The topological polar surface area (TPSA) is 101 Å². The average Bonchev–Trinajstić information content (AvgIpc) is 3.31. The normalized spacial score (nSPS) is 18.2. The first-order valence-corrected chi connectivity index (χ1v) is 12.9. The summed E-state index contributed by atoms with van der Waals surface area (Å²) in [4.78, 5) is 48.5. The second-order valence-electron chi connectivity index (χ2n) is 9.65. The molecule has 2 atom stereocenters. The number of hydrogen-bond donors (Lipinski definition) is 1.